The molecule has 1 aromatic rings. The van der Waals surface area contributed by atoms with Gasteiger partial charge in [0, 0.05) is 0 Å². The molecule has 4 radical (unpaired) electrons. The Morgan fingerprint density at radius 2 is 2.00 bits per heavy atom. The molecule has 0 aliphatic rings. The van der Waals surface area contributed by atoms with Crippen LogP contribution in [-0.2, 0) is 0 Å². The Morgan fingerprint density at radius 1 is 1.45 bits per heavy atom. The van der Waals surface area contributed by atoms with Crippen LogP contribution in [0, 0.1) is 9.39 Å². The van der Waals surface area contributed by atoms with Crippen LogP contribution >= 0.6 is 22.6 Å². The van der Waals surface area contributed by atoms with Gasteiger partial charge in [-0.05, 0) is 22.6 Å². The molecular weight excluding hydrogens is 256 g/mol. The predicted molar refractivity (Wildman–Crippen MR) is 51.6 cm³/mol. The molecular formula is C6H2B2FIO. The molecule has 0 bridgehead atoms. The first-order valence-corrected chi connectivity index (χ1v) is 3.84. The van der Waals surface area contributed by atoms with Gasteiger partial charge >= 0.3 is 0 Å². The second kappa shape index (κ2) is 3.05. The number of halogens is 2. The van der Waals surface area contributed by atoms with Gasteiger partial charge in [0.2, 0.25) is 0 Å². The van der Waals surface area contributed by atoms with E-state index in [0.717, 1.165) is 0 Å². The van der Waals surface area contributed by atoms with E-state index in [0.29, 0.717) is 3.57 Å². The van der Waals surface area contributed by atoms with Gasteiger partial charge in [-0.3, -0.25) is 0 Å². The first-order chi connectivity index (χ1) is 5.04. The molecule has 0 amide bonds. The van der Waals surface area contributed by atoms with Crippen LogP contribution in [-0.4, -0.2) is 20.8 Å². The molecule has 0 fully saturated rings. The molecule has 52 valence electrons. The van der Waals surface area contributed by atoms with Crippen molar-refractivity contribution in [3.63, 3.8) is 0 Å². The lowest BCUT2D eigenvalue weighted by atomic mass is 9.80. The lowest BCUT2D eigenvalue weighted by molar-refractivity contribution is 0.431. The van der Waals surface area contributed by atoms with Gasteiger partial charge in [-0.15, -0.1) is 0 Å². The van der Waals surface area contributed by atoms with Crippen LogP contribution in [0.1, 0.15) is 0 Å². The third kappa shape index (κ3) is 1.52. The molecule has 1 aromatic carbocycles. The number of hydrogen-bond acceptors (Lipinski definition) is 1. The summed E-state index contributed by atoms with van der Waals surface area (Å²) in [4.78, 5) is 0. The highest BCUT2D eigenvalue weighted by molar-refractivity contribution is 14.1. The van der Waals surface area contributed by atoms with E-state index in [1.165, 1.54) is 6.07 Å². The van der Waals surface area contributed by atoms with Gasteiger partial charge in [-0.1, -0.05) is 17.0 Å². The SMILES string of the molecule is [B]c1cc(I)c(O)c(F)c1[B]. The topological polar surface area (TPSA) is 20.2 Å². The zero-order chi connectivity index (χ0) is 8.59. The Hall–Kier alpha value is -0.190. The van der Waals surface area contributed by atoms with Crippen LogP contribution in [0.5, 0.6) is 5.75 Å². The zero-order valence-electron chi connectivity index (χ0n) is 5.44. The summed E-state index contributed by atoms with van der Waals surface area (Å²) in [5.41, 5.74) is -0.0624. The predicted octanol–water partition coefficient (Wildman–Crippen LogP) is -0.277. The number of benzene rings is 1. The lowest BCUT2D eigenvalue weighted by Crippen LogP contribution is -2.29. The monoisotopic (exact) mass is 258 g/mol. The normalized spacial score (nSPS) is 10.0. The van der Waals surface area contributed by atoms with Crippen molar-refractivity contribution in [1.82, 2.24) is 0 Å². The molecule has 1 rings (SSSR count). The van der Waals surface area contributed by atoms with Crippen molar-refractivity contribution in [1.29, 1.82) is 0 Å². The molecule has 0 spiro atoms. The molecule has 0 heterocycles. The van der Waals surface area contributed by atoms with E-state index in [1.54, 1.807) is 22.6 Å². The van der Waals surface area contributed by atoms with Gasteiger partial charge < -0.3 is 5.11 Å². The van der Waals surface area contributed by atoms with Crippen molar-refractivity contribution >= 4 is 49.2 Å². The number of phenols is 1. The Balaban J connectivity index is 3.46. The molecule has 0 aliphatic carbocycles. The summed E-state index contributed by atoms with van der Waals surface area (Å²) in [7, 11) is 10.5. The number of aromatic hydroxyl groups is 1. The summed E-state index contributed by atoms with van der Waals surface area (Å²) >= 11 is 1.77. The fraction of sp³-hybridized carbons (Fsp3) is 0. The highest BCUT2D eigenvalue weighted by Gasteiger charge is 2.09. The van der Waals surface area contributed by atoms with E-state index in [4.69, 9.17) is 20.8 Å². The average molecular weight is 258 g/mol. The Bertz CT molecular complexity index is 277. The van der Waals surface area contributed by atoms with E-state index in [9.17, 15) is 4.39 Å². The second-order valence-electron chi connectivity index (χ2n) is 2.02. The fourth-order valence-electron chi connectivity index (χ4n) is 0.642. The van der Waals surface area contributed by atoms with Crippen LogP contribution in [0.15, 0.2) is 6.07 Å². The first kappa shape index (κ1) is 8.90. The summed E-state index contributed by atoms with van der Waals surface area (Å²) in [6.07, 6.45) is 0. The summed E-state index contributed by atoms with van der Waals surface area (Å²) < 4.78 is 13.1. The second-order valence-corrected chi connectivity index (χ2v) is 3.19. The molecule has 1 N–H and O–H groups in total. The van der Waals surface area contributed by atoms with Crippen LogP contribution in [0.2, 0.25) is 0 Å². The molecule has 5 heteroatoms. The summed E-state index contributed by atoms with van der Waals surface area (Å²) in [5, 5.41) is 8.99. The van der Waals surface area contributed by atoms with Crippen LogP contribution < -0.4 is 10.9 Å². The highest BCUT2D eigenvalue weighted by Crippen LogP contribution is 2.19. The van der Waals surface area contributed by atoms with Crippen molar-refractivity contribution in [2.24, 2.45) is 0 Å². The van der Waals surface area contributed by atoms with E-state index < -0.39 is 11.6 Å². The standard InChI is InChI=1S/C6H2B2FIO/c7-2-1-3(10)6(11)5(9)4(2)8/h1,11H. The van der Waals surface area contributed by atoms with E-state index in [1.807, 2.05) is 0 Å². The van der Waals surface area contributed by atoms with Crippen molar-refractivity contribution in [3.05, 3.63) is 15.5 Å². The minimum Gasteiger partial charge on any atom is -0.504 e. The number of hydrogen-bond donors (Lipinski definition) is 1. The molecule has 0 atom stereocenters. The van der Waals surface area contributed by atoms with E-state index in [-0.39, 0.29) is 10.9 Å². The van der Waals surface area contributed by atoms with Crippen LogP contribution in [0.3, 0.4) is 0 Å². The van der Waals surface area contributed by atoms with Crippen molar-refractivity contribution in [3.8, 4) is 5.75 Å². The maximum absolute atomic E-state index is 12.8. The van der Waals surface area contributed by atoms with Crippen molar-refractivity contribution in [2.75, 3.05) is 0 Å². The molecule has 0 aromatic heterocycles. The molecule has 0 saturated heterocycles. The Kier molecular flexibility index (Phi) is 2.47. The smallest absolute Gasteiger partial charge is 0.164 e. The minimum atomic E-state index is -0.852. The van der Waals surface area contributed by atoms with Crippen molar-refractivity contribution < 1.29 is 9.50 Å². The summed E-state index contributed by atoms with van der Waals surface area (Å²) in [6, 6.07) is 1.41. The molecule has 0 aliphatic heterocycles. The quantitative estimate of drug-likeness (QED) is 0.501. The van der Waals surface area contributed by atoms with Crippen LogP contribution in [0.25, 0.3) is 0 Å². The van der Waals surface area contributed by atoms with Gasteiger partial charge in [0.1, 0.15) is 15.7 Å². The van der Waals surface area contributed by atoms with Gasteiger partial charge in [0.25, 0.3) is 0 Å². The molecule has 1 nitrogen and oxygen atoms in total. The van der Waals surface area contributed by atoms with Crippen LogP contribution in [0.4, 0.5) is 4.39 Å². The van der Waals surface area contributed by atoms with E-state index >= 15 is 0 Å². The summed E-state index contributed by atoms with van der Waals surface area (Å²) in [5.74, 6) is -1.30. The molecule has 0 saturated carbocycles. The van der Waals surface area contributed by atoms with E-state index in [2.05, 4.69) is 0 Å². The first-order valence-electron chi connectivity index (χ1n) is 2.76. The average Bonchev–Trinajstić information content (AvgIpc) is 1.97. The third-order valence-electron chi connectivity index (χ3n) is 1.26. The molecule has 11 heavy (non-hydrogen) atoms. The Labute approximate surface area is 80.0 Å². The molecule has 0 unspecified atom stereocenters. The minimum absolute atomic E-state index is 0.143. The van der Waals surface area contributed by atoms with Gasteiger partial charge in [0.15, 0.2) is 11.6 Å². The largest absolute Gasteiger partial charge is 0.504 e. The van der Waals surface area contributed by atoms with Gasteiger partial charge in [0.05, 0.1) is 3.57 Å². The summed E-state index contributed by atoms with van der Waals surface area (Å²) in [6.45, 7) is 0. The third-order valence-corrected chi connectivity index (χ3v) is 2.09. The maximum Gasteiger partial charge on any atom is 0.164 e. The maximum atomic E-state index is 12.8. The van der Waals surface area contributed by atoms with Gasteiger partial charge in [-0.25, -0.2) is 4.39 Å². The fourth-order valence-corrected chi connectivity index (χ4v) is 1.21. The zero-order valence-corrected chi connectivity index (χ0v) is 7.59. The Morgan fingerprint density at radius 3 is 2.55 bits per heavy atom. The number of phenolic OH excluding ortho intramolecular Hbond substituents is 1. The van der Waals surface area contributed by atoms with Crippen molar-refractivity contribution in [2.45, 2.75) is 0 Å². The lowest BCUT2D eigenvalue weighted by Gasteiger charge is -2.05. The number of rotatable bonds is 0. The van der Waals surface area contributed by atoms with Gasteiger partial charge in [-0.2, -0.15) is 0 Å². The highest BCUT2D eigenvalue weighted by atomic mass is 127.